The predicted octanol–water partition coefficient (Wildman–Crippen LogP) is 8.74. The number of esters is 2. The summed E-state index contributed by atoms with van der Waals surface area (Å²) in [6.07, 6.45) is 13.0. The Kier molecular flexibility index (Phi) is 26.4. The van der Waals surface area contributed by atoms with Crippen LogP contribution in [0.15, 0.2) is 30.3 Å². The van der Waals surface area contributed by atoms with Gasteiger partial charge in [-0.15, -0.1) is 0 Å². The van der Waals surface area contributed by atoms with Gasteiger partial charge in [-0.1, -0.05) is 114 Å². The molecule has 4 aliphatic heterocycles. The van der Waals surface area contributed by atoms with Gasteiger partial charge in [-0.05, 0) is 57.8 Å². The third kappa shape index (κ3) is 22.2. The standard InChI is InChI=1S/C18H24O4S2.C11H20O4S2.C8H14O2S2/c19-17(9-5-4-8-16-10-11-23-24-16)22-15-12-20-18(21-13-15)14-6-2-1-3-7-14;12-7-9(8-13)15-11(14)4-2-1-3-10-5-6-16-17-10;9-8(10)4-2-1-3-7-5-6-11-12-7/h1-3,6-7,15-16,18H,4-5,8-13H2;9-10,12-13H,1-8H2;7H,1-6H2,(H,9,10). The Hall–Kier alpha value is -0.430. The van der Waals surface area contributed by atoms with Gasteiger partial charge in [-0.3, -0.25) is 14.4 Å². The van der Waals surface area contributed by atoms with Gasteiger partial charge in [0.1, 0.15) is 12.2 Å². The normalized spacial score (nSPS) is 23.8. The number of carboxylic acid groups (broad SMARTS) is 1. The molecule has 1 aromatic carbocycles. The van der Waals surface area contributed by atoms with Crippen molar-refractivity contribution in [3.05, 3.63) is 35.9 Å². The third-order valence-electron chi connectivity index (χ3n) is 8.60. The van der Waals surface area contributed by atoms with Crippen LogP contribution in [-0.4, -0.2) is 105 Å². The summed E-state index contributed by atoms with van der Waals surface area (Å²) in [4.78, 5) is 33.4. The minimum atomic E-state index is -0.760. The van der Waals surface area contributed by atoms with E-state index in [1.165, 1.54) is 49.4 Å². The molecule has 0 saturated carbocycles. The molecule has 0 spiro atoms. The monoisotopic (exact) mass is 854 g/mol. The summed E-state index contributed by atoms with van der Waals surface area (Å²) in [5, 5.41) is 28.2. The fraction of sp³-hybridized carbons (Fsp3) is 0.757. The minimum absolute atomic E-state index is 0.140. The van der Waals surface area contributed by atoms with Gasteiger partial charge < -0.3 is 34.3 Å². The molecule has 0 bridgehead atoms. The van der Waals surface area contributed by atoms with Crippen molar-refractivity contribution in [1.29, 1.82) is 0 Å². The first-order valence-electron chi connectivity index (χ1n) is 18.8. The summed E-state index contributed by atoms with van der Waals surface area (Å²) in [7, 11) is 11.8. The number of aliphatic hydroxyl groups is 2. The zero-order valence-electron chi connectivity index (χ0n) is 30.6. The molecule has 0 aliphatic carbocycles. The first-order chi connectivity index (χ1) is 25.9. The Morgan fingerprint density at radius 3 is 1.58 bits per heavy atom. The lowest BCUT2D eigenvalue weighted by Gasteiger charge is -2.29. The molecule has 10 nitrogen and oxygen atoms in total. The van der Waals surface area contributed by atoms with Crippen LogP contribution < -0.4 is 0 Å². The predicted molar refractivity (Wildman–Crippen MR) is 223 cm³/mol. The second-order valence-electron chi connectivity index (χ2n) is 13.1. The van der Waals surface area contributed by atoms with Gasteiger partial charge in [0.05, 0.1) is 26.4 Å². The van der Waals surface area contributed by atoms with Crippen LogP contribution in [0.4, 0.5) is 0 Å². The highest BCUT2D eigenvalue weighted by molar-refractivity contribution is 8.78. The number of aliphatic carboxylic acids is 1. The molecule has 53 heavy (non-hydrogen) atoms. The highest BCUT2D eigenvalue weighted by atomic mass is 33.1. The first-order valence-corrected chi connectivity index (χ1v) is 26.0. The van der Waals surface area contributed by atoms with Crippen molar-refractivity contribution >= 4 is 82.7 Å². The Labute approximate surface area is 339 Å². The van der Waals surface area contributed by atoms with Crippen molar-refractivity contribution in [2.24, 2.45) is 0 Å². The zero-order valence-corrected chi connectivity index (χ0v) is 35.5. The highest BCUT2D eigenvalue weighted by Crippen LogP contribution is 2.41. The van der Waals surface area contributed by atoms with E-state index in [-0.39, 0.29) is 37.5 Å². The second kappa shape index (κ2) is 29.8. The Morgan fingerprint density at radius 1 is 0.679 bits per heavy atom. The average Bonchev–Trinajstić information content (AvgIpc) is 4.00. The lowest BCUT2D eigenvalue weighted by molar-refractivity contribution is -0.229. The molecule has 3 atom stereocenters. The summed E-state index contributed by atoms with van der Waals surface area (Å²) >= 11 is 0. The van der Waals surface area contributed by atoms with E-state index in [0.29, 0.717) is 32.5 Å². The number of rotatable bonds is 20. The van der Waals surface area contributed by atoms with Gasteiger partial charge in [-0.25, -0.2) is 0 Å². The maximum absolute atomic E-state index is 11.9. The molecule has 0 amide bonds. The molecule has 4 saturated heterocycles. The van der Waals surface area contributed by atoms with E-state index in [0.717, 1.165) is 66.3 Å². The van der Waals surface area contributed by atoms with Crippen molar-refractivity contribution in [2.75, 3.05) is 43.7 Å². The molecule has 4 aliphatic rings. The molecular weight excluding hydrogens is 797 g/mol. The maximum Gasteiger partial charge on any atom is 0.306 e. The van der Waals surface area contributed by atoms with E-state index in [9.17, 15) is 14.4 Å². The van der Waals surface area contributed by atoms with Crippen LogP contribution in [0.25, 0.3) is 0 Å². The SMILES string of the molecule is O=C(CCCCC1CCSS1)OC(CO)CO.O=C(CCCCC1CCSS1)OC1COC(c2ccccc2)OC1.O=C(O)CCCCC1CCSS1. The van der Waals surface area contributed by atoms with Crippen LogP contribution >= 0.6 is 64.8 Å². The molecular formula is C37H58O10S6. The van der Waals surface area contributed by atoms with Gasteiger partial charge in [0.2, 0.25) is 0 Å². The van der Waals surface area contributed by atoms with Crippen LogP contribution in [0, 0.1) is 0 Å². The average molecular weight is 855 g/mol. The molecule has 1 aromatic rings. The molecule has 302 valence electrons. The van der Waals surface area contributed by atoms with E-state index >= 15 is 0 Å². The van der Waals surface area contributed by atoms with Crippen LogP contribution in [0.1, 0.15) is 108 Å². The summed E-state index contributed by atoms with van der Waals surface area (Å²) in [6, 6.07) is 9.81. The van der Waals surface area contributed by atoms with Gasteiger partial charge in [-0.2, -0.15) is 0 Å². The van der Waals surface area contributed by atoms with Crippen LogP contribution in [0.2, 0.25) is 0 Å². The van der Waals surface area contributed by atoms with Crippen molar-refractivity contribution in [1.82, 2.24) is 0 Å². The summed E-state index contributed by atoms with van der Waals surface area (Å²) in [5.74, 6) is 2.65. The molecule has 4 heterocycles. The maximum atomic E-state index is 11.9. The fourth-order valence-electron chi connectivity index (χ4n) is 5.60. The second-order valence-corrected chi connectivity index (χ2v) is 21.5. The number of hydrogen-bond acceptors (Lipinski definition) is 15. The minimum Gasteiger partial charge on any atom is -0.481 e. The first kappa shape index (κ1) is 46.9. The highest BCUT2D eigenvalue weighted by Gasteiger charge is 2.26. The zero-order chi connectivity index (χ0) is 37.9. The number of aliphatic hydroxyl groups excluding tert-OH is 2. The van der Waals surface area contributed by atoms with E-state index in [4.69, 9.17) is 34.3 Å². The molecule has 4 fully saturated rings. The van der Waals surface area contributed by atoms with Crippen LogP contribution in [0.5, 0.6) is 0 Å². The number of carbonyl (C=O) groups is 3. The molecule has 3 unspecified atom stereocenters. The van der Waals surface area contributed by atoms with Gasteiger partial charge in [0.15, 0.2) is 6.29 Å². The number of carboxylic acids is 1. The number of hydrogen-bond donors (Lipinski definition) is 3. The van der Waals surface area contributed by atoms with Crippen molar-refractivity contribution in [2.45, 2.75) is 131 Å². The third-order valence-corrected chi connectivity index (χ3v) is 17.6. The fourth-order valence-corrected chi connectivity index (χ4v) is 14.7. The van der Waals surface area contributed by atoms with Crippen molar-refractivity contribution in [3.8, 4) is 0 Å². The smallest absolute Gasteiger partial charge is 0.306 e. The number of unbranched alkanes of at least 4 members (excludes halogenated alkanes) is 3. The van der Waals surface area contributed by atoms with Crippen LogP contribution in [0.3, 0.4) is 0 Å². The molecule has 0 aromatic heterocycles. The summed E-state index contributed by atoms with van der Waals surface area (Å²) < 4.78 is 21.7. The molecule has 3 N–H and O–H groups in total. The van der Waals surface area contributed by atoms with Crippen molar-refractivity contribution in [3.63, 3.8) is 0 Å². The quantitative estimate of drug-likeness (QED) is 0.0651. The topological polar surface area (TPSA) is 149 Å². The molecule has 5 rings (SSSR count). The van der Waals surface area contributed by atoms with Crippen LogP contribution in [-0.2, 0) is 33.3 Å². The summed E-state index contributed by atoms with van der Waals surface area (Å²) in [6.45, 7) is 0.138. The number of benzene rings is 1. The van der Waals surface area contributed by atoms with Gasteiger partial charge in [0, 0.05) is 57.8 Å². The van der Waals surface area contributed by atoms with E-state index in [1.54, 1.807) is 0 Å². The Balaban J connectivity index is 0.000000228. The van der Waals surface area contributed by atoms with Gasteiger partial charge in [0.25, 0.3) is 0 Å². The lowest BCUT2D eigenvalue weighted by atomic mass is 10.1. The lowest BCUT2D eigenvalue weighted by Crippen LogP contribution is -2.35. The molecule has 0 radical (unpaired) electrons. The van der Waals surface area contributed by atoms with E-state index in [2.05, 4.69) is 0 Å². The van der Waals surface area contributed by atoms with E-state index < -0.39 is 12.1 Å². The van der Waals surface area contributed by atoms with Crippen molar-refractivity contribution < 1.29 is 48.7 Å². The van der Waals surface area contributed by atoms with E-state index in [1.807, 2.05) is 95.1 Å². The Morgan fingerprint density at radius 2 is 1.15 bits per heavy atom. The number of carbonyl (C=O) groups excluding carboxylic acids is 2. The Bertz CT molecular complexity index is 1110. The largest absolute Gasteiger partial charge is 0.481 e. The number of ether oxygens (including phenoxy) is 4. The summed E-state index contributed by atoms with van der Waals surface area (Å²) in [5.41, 5.74) is 0.991. The van der Waals surface area contributed by atoms with Gasteiger partial charge >= 0.3 is 17.9 Å². The molecule has 16 heteroatoms.